The van der Waals surface area contributed by atoms with Gasteiger partial charge in [0.15, 0.2) is 5.69 Å². The molecule has 0 aliphatic carbocycles. The summed E-state index contributed by atoms with van der Waals surface area (Å²) >= 11 is 0. The van der Waals surface area contributed by atoms with E-state index in [1.54, 1.807) is 4.68 Å². The van der Waals surface area contributed by atoms with Crippen molar-refractivity contribution in [1.82, 2.24) is 20.0 Å². The third kappa shape index (κ3) is 4.26. The highest BCUT2D eigenvalue weighted by atomic mass is 32.2. The summed E-state index contributed by atoms with van der Waals surface area (Å²) in [6.07, 6.45) is 4.53. The first-order valence-corrected chi connectivity index (χ1v) is 11.9. The van der Waals surface area contributed by atoms with Crippen LogP contribution in [0.1, 0.15) is 36.2 Å². The van der Waals surface area contributed by atoms with Crippen molar-refractivity contribution >= 4 is 32.7 Å². The molecule has 4 saturated heterocycles. The van der Waals surface area contributed by atoms with E-state index < -0.39 is 10.1 Å². The summed E-state index contributed by atoms with van der Waals surface area (Å²) in [6, 6.07) is 8.88. The molecule has 10 heteroatoms. The predicted octanol–water partition coefficient (Wildman–Crippen LogP) is 1.00. The number of carbonyl (C=O) groups excluding carboxylic acids is 2. The zero-order valence-corrected chi connectivity index (χ0v) is 17.8. The Morgan fingerprint density at radius 2 is 1.77 bits per heavy atom. The quantitative estimate of drug-likeness (QED) is 0.676. The minimum absolute atomic E-state index is 0.0852. The summed E-state index contributed by atoms with van der Waals surface area (Å²) in [5, 5.41) is 8.53. The van der Waals surface area contributed by atoms with Crippen molar-refractivity contribution in [2.24, 2.45) is 13.0 Å². The number of rotatable bonds is 2. The molecular formula is C20H26N4O5S. The van der Waals surface area contributed by atoms with Crippen molar-refractivity contribution in [2.45, 2.75) is 43.8 Å². The molecule has 0 radical (unpaired) electrons. The molecule has 5 atom stereocenters. The number of benzene rings is 1. The summed E-state index contributed by atoms with van der Waals surface area (Å²) in [4.78, 5) is 27.1. The van der Waals surface area contributed by atoms with Crippen LogP contribution >= 0.6 is 0 Å². The molecule has 1 aromatic heterocycles. The molecular weight excluding hydrogens is 408 g/mol. The molecule has 4 unspecified atom stereocenters. The van der Waals surface area contributed by atoms with E-state index in [1.165, 1.54) is 0 Å². The maximum Gasteiger partial charge on any atom is 0.272 e. The molecule has 4 aliphatic rings. The highest BCUT2D eigenvalue weighted by Gasteiger charge is 2.48. The van der Waals surface area contributed by atoms with Crippen LogP contribution in [0.15, 0.2) is 24.3 Å². The van der Waals surface area contributed by atoms with E-state index in [0.29, 0.717) is 36.4 Å². The van der Waals surface area contributed by atoms with E-state index in [1.807, 2.05) is 31.3 Å². The first-order valence-electron chi connectivity index (χ1n) is 10.0. The standard InChI is InChI=1S/C19H22N4O2.CH4O3S/c1-22-16-5-3-2-4-15(16)18(21-22)19(25)20-12-8-13-6-11-7-14(9-12)23(13)10-17(11)24;1-5(2,3)4/h2-5,11-14H,6-10H2,1H3,(H,20,25);1H3,(H,2,3,4)/t11?,12?,13-,14?;/m1./s1. The third-order valence-electron chi connectivity index (χ3n) is 6.27. The second kappa shape index (κ2) is 7.75. The van der Waals surface area contributed by atoms with Crippen molar-refractivity contribution < 1.29 is 22.6 Å². The molecule has 4 bridgehead atoms. The molecule has 2 aromatic rings. The van der Waals surface area contributed by atoms with Gasteiger partial charge in [0.25, 0.3) is 16.0 Å². The molecule has 0 spiro atoms. The number of nitrogens with one attached hydrogen (secondary N) is 1. The molecule has 1 amide bonds. The first-order chi connectivity index (χ1) is 14.1. The Balaban J connectivity index is 0.000000393. The molecule has 4 aliphatic heterocycles. The van der Waals surface area contributed by atoms with Crippen LogP contribution in [0.4, 0.5) is 0 Å². The summed E-state index contributed by atoms with van der Waals surface area (Å²) < 4.78 is 27.6. The van der Waals surface area contributed by atoms with Crippen molar-refractivity contribution in [3.05, 3.63) is 30.0 Å². The van der Waals surface area contributed by atoms with Gasteiger partial charge in [-0.15, -0.1) is 0 Å². The van der Waals surface area contributed by atoms with Gasteiger partial charge >= 0.3 is 0 Å². The predicted molar refractivity (Wildman–Crippen MR) is 111 cm³/mol. The Labute approximate surface area is 175 Å². The Morgan fingerprint density at radius 3 is 2.37 bits per heavy atom. The summed E-state index contributed by atoms with van der Waals surface area (Å²) in [6.45, 7) is 0.617. The first kappa shape index (κ1) is 21.0. The van der Waals surface area contributed by atoms with E-state index in [9.17, 15) is 18.0 Å². The van der Waals surface area contributed by atoms with Gasteiger partial charge in [-0.25, -0.2) is 0 Å². The van der Waals surface area contributed by atoms with Gasteiger partial charge in [-0.3, -0.25) is 23.7 Å². The van der Waals surface area contributed by atoms with Gasteiger partial charge in [-0.05, 0) is 31.7 Å². The van der Waals surface area contributed by atoms with Gasteiger partial charge in [0.2, 0.25) is 0 Å². The summed E-state index contributed by atoms with van der Waals surface area (Å²) in [5.74, 6) is 0.587. The Bertz CT molecular complexity index is 1070. The molecule has 0 saturated carbocycles. The number of ketones is 1. The average molecular weight is 435 g/mol. The maximum absolute atomic E-state index is 12.8. The number of nitrogens with zero attached hydrogens (tertiary/aromatic N) is 3. The number of carbonyl (C=O) groups is 2. The zero-order valence-electron chi connectivity index (χ0n) is 17.0. The second-order valence-electron chi connectivity index (χ2n) is 8.48. The number of hydrogen-bond donors (Lipinski definition) is 2. The van der Waals surface area contributed by atoms with Crippen LogP contribution in [0.2, 0.25) is 0 Å². The lowest BCUT2D eigenvalue weighted by Crippen LogP contribution is -2.64. The van der Waals surface area contributed by atoms with Crippen molar-refractivity contribution in [3.8, 4) is 0 Å². The van der Waals surface area contributed by atoms with Crippen LogP contribution in [-0.2, 0) is 22.0 Å². The van der Waals surface area contributed by atoms with Crippen molar-refractivity contribution in [1.29, 1.82) is 0 Å². The lowest BCUT2D eigenvalue weighted by atomic mass is 9.71. The molecule has 9 nitrogen and oxygen atoms in total. The van der Waals surface area contributed by atoms with E-state index in [0.717, 1.165) is 36.6 Å². The maximum atomic E-state index is 12.8. The minimum Gasteiger partial charge on any atom is -0.348 e. The highest BCUT2D eigenvalue weighted by Crippen LogP contribution is 2.41. The number of aromatic nitrogens is 2. The fraction of sp³-hybridized carbons (Fsp3) is 0.550. The minimum atomic E-state index is -3.67. The molecule has 162 valence electrons. The monoisotopic (exact) mass is 434 g/mol. The van der Waals surface area contributed by atoms with E-state index in [2.05, 4.69) is 15.3 Å². The van der Waals surface area contributed by atoms with Gasteiger partial charge in [-0.2, -0.15) is 13.5 Å². The number of hydrogen-bond acceptors (Lipinski definition) is 6. The van der Waals surface area contributed by atoms with Crippen LogP contribution in [0.3, 0.4) is 0 Å². The summed E-state index contributed by atoms with van der Waals surface area (Å²) in [5.41, 5.74) is 1.47. The van der Waals surface area contributed by atoms with Crippen LogP contribution in [0.25, 0.3) is 10.9 Å². The van der Waals surface area contributed by atoms with Gasteiger partial charge in [0, 0.05) is 36.5 Å². The van der Waals surface area contributed by atoms with E-state index in [4.69, 9.17) is 4.55 Å². The topological polar surface area (TPSA) is 122 Å². The molecule has 30 heavy (non-hydrogen) atoms. The van der Waals surface area contributed by atoms with Crippen LogP contribution < -0.4 is 5.32 Å². The highest BCUT2D eigenvalue weighted by molar-refractivity contribution is 7.85. The average Bonchev–Trinajstić information content (AvgIpc) is 2.98. The van der Waals surface area contributed by atoms with Gasteiger partial charge < -0.3 is 5.32 Å². The molecule has 5 heterocycles. The fourth-order valence-corrected chi connectivity index (χ4v) is 5.12. The largest absolute Gasteiger partial charge is 0.348 e. The summed E-state index contributed by atoms with van der Waals surface area (Å²) in [7, 11) is -1.80. The number of amides is 1. The Kier molecular flexibility index (Phi) is 5.41. The number of aryl methyl sites for hydroxylation is 1. The normalized spacial score (nSPS) is 30.0. The smallest absolute Gasteiger partial charge is 0.272 e. The second-order valence-corrected chi connectivity index (χ2v) is 9.94. The van der Waals surface area contributed by atoms with E-state index in [-0.39, 0.29) is 17.9 Å². The van der Waals surface area contributed by atoms with Crippen LogP contribution in [-0.4, -0.2) is 70.3 Å². The Hall–Kier alpha value is -2.30. The fourth-order valence-electron chi connectivity index (χ4n) is 5.12. The lowest BCUT2D eigenvalue weighted by molar-refractivity contribution is -0.141. The number of fused-ring (bicyclic) bond motifs is 2. The Morgan fingerprint density at radius 1 is 1.17 bits per heavy atom. The molecule has 2 N–H and O–H groups in total. The van der Waals surface area contributed by atoms with Crippen molar-refractivity contribution in [3.63, 3.8) is 0 Å². The van der Waals surface area contributed by atoms with E-state index >= 15 is 0 Å². The third-order valence-corrected chi connectivity index (χ3v) is 6.27. The molecule has 1 aromatic carbocycles. The number of para-hydroxylation sites is 1. The van der Waals surface area contributed by atoms with Gasteiger partial charge in [0.05, 0.1) is 18.3 Å². The lowest BCUT2D eigenvalue weighted by Gasteiger charge is -2.54. The van der Waals surface area contributed by atoms with Gasteiger partial charge in [0.1, 0.15) is 5.78 Å². The zero-order chi connectivity index (χ0) is 21.6. The molecule has 4 fully saturated rings. The van der Waals surface area contributed by atoms with Crippen molar-refractivity contribution in [2.75, 3.05) is 12.8 Å². The SMILES string of the molecule is CS(=O)(=O)O.Cn1nc(C(=O)NC2CC3CC4C[C@H](C2)N3CC4=O)c2ccccc21. The molecule has 6 rings (SSSR count). The van der Waals surface area contributed by atoms with Crippen LogP contribution in [0, 0.1) is 5.92 Å². The number of Topliss-reactive ketones (excluding diaryl/α,β-unsaturated/α-hetero) is 1. The number of piperidine rings is 4. The van der Waals surface area contributed by atoms with Crippen LogP contribution in [0.5, 0.6) is 0 Å². The van der Waals surface area contributed by atoms with Gasteiger partial charge in [-0.1, -0.05) is 18.2 Å².